The quantitative estimate of drug-likeness (QED) is 0.214. The SMILES string of the molecule is N#Cc1ccc(COc2cccc(-c3cc(F)c(Cc4nc5ccc(C(=O)O)cc5n4C[C@H]4CCCN4)cc3F)n2)c(F)c1. The van der Waals surface area contributed by atoms with Crippen molar-refractivity contribution in [1.82, 2.24) is 19.9 Å². The van der Waals surface area contributed by atoms with Crippen molar-refractivity contribution in [3.8, 4) is 23.2 Å². The van der Waals surface area contributed by atoms with Crippen LogP contribution in [0.2, 0.25) is 0 Å². The molecule has 0 bridgehead atoms. The summed E-state index contributed by atoms with van der Waals surface area (Å²) in [5.74, 6) is -2.43. The van der Waals surface area contributed by atoms with Crippen LogP contribution >= 0.6 is 0 Å². The number of nitrogens with zero attached hydrogens (tertiary/aromatic N) is 4. The van der Waals surface area contributed by atoms with Crippen molar-refractivity contribution in [3.05, 3.63) is 112 Å². The van der Waals surface area contributed by atoms with Gasteiger partial charge in [-0.25, -0.2) is 27.9 Å². The van der Waals surface area contributed by atoms with Gasteiger partial charge in [0.25, 0.3) is 0 Å². The lowest BCUT2D eigenvalue weighted by Gasteiger charge is -2.16. The Morgan fingerprint density at radius 1 is 1.02 bits per heavy atom. The fourth-order valence-corrected chi connectivity index (χ4v) is 5.40. The second kappa shape index (κ2) is 12.2. The van der Waals surface area contributed by atoms with E-state index in [1.54, 1.807) is 18.2 Å². The van der Waals surface area contributed by atoms with E-state index in [0.29, 0.717) is 23.4 Å². The molecule has 0 spiro atoms. The molecule has 0 amide bonds. The minimum atomic E-state index is -1.06. The van der Waals surface area contributed by atoms with E-state index in [1.165, 1.54) is 30.3 Å². The van der Waals surface area contributed by atoms with Gasteiger partial charge in [-0.15, -0.1) is 0 Å². The van der Waals surface area contributed by atoms with Gasteiger partial charge in [-0.1, -0.05) is 12.1 Å². The number of aromatic nitrogens is 3. The average molecular weight is 598 g/mol. The number of halogens is 3. The first-order valence-electron chi connectivity index (χ1n) is 14.0. The number of nitrogens with one attached hydrogen (secondary N) is 1. The molecule has 3 heterocycles. The number of carboxylic acids is 1. The topological polar surface area (TPSA) is 113 Å². The number of pyridine rings is 1. The van der Waals surface area contributed by atoms with E-state index in [1.807, 2.05) is 10.6 Å². The number of hydrogen-bond donors (Lipinski definition) is 2. The molecule has 2 N–H and O–H groups in total. The molecule has 5 aromatic rings. The highest BCUT2D eigenvalue weighted by Crippen LogP contribution is 2.29. The molecular formula is C33H26F3N5O3. The highest BCUT2D eigenvalue weighted by molar-refractivity contribution is 5.92. The van der Waals surface area contributed by atoms with E-state index in [-0.39, 0.29) is 58.5 Å². The molecule has 0 saturated carbocycles. The maximum Gasteiger partial charge on any atom is 0.335 e. The molecule has 2 aromatic heterocycles. The summed E-state index contributed by atoms with van der Waals surface area (Å²) < 4.78 is 52.7. The first-order chi connectivity index (χ1) is 21.3. The number of carboxylic acid groups (broad SMARTS) is 1. The Hall–Kier alpha value is -5.21. The van der Waals surface area contributed by atoms with Gasteiger partial charge in [0.15, 0.2) is 0 Å². The molecule has 0 aliphatic carbocycles. The van der Waals surface area contributed by atoms with Gasteiger partial charge in [0.2, 0.25) is 5.88 Å². The fraction of sp³-hybridized carbons (Fsp3) is 0.212. The summed E-state index contributed by atoms with van der Waals surface area (Å²) in [7, 11) is 0. The van der Waals surface area contributed by atoms with Crippen LogP contribution in [0.3, 0.4) is 0 Å². The molecule has 1 fully saturated rings. The summed E-state index contributed by atoms with van der Waals surface area (Å²) in [5.41, 5.74) is 1.85. The Balaban J connectivity index is 1.26. The molecule has 44 heavy (non-hydrogen) atoms. The monoisotopic (exact) mass is 597 g/mol. The van der Waals surface area contributed by atoms with Gasteiger partial charge in [-0.2, -0.15) is 5.26 Å². The number of imidazole rings is 1. The van der Waals surface area contributed by atoms with E-state index >= 15 is 8.78 Å². The van der Waals surface area contributed by atoms with Gasteiger partial charge in [0.1, 0.15) is 29.9 Å². The fourth-order valence-electron chi connectivity index (χ4n) is 5.40. The standard InChI is InChI=1S/C33H26F3N5O3/c34-25-11-19(16-37)6-7-21(25)18-44-32-5-1-4-28(40-32)24-15-26(35)22(12-27(24)36)14-31-39-29-9-8-20(33(42)43)13-30(29)41(31)17-23-3-2-10-38-23/h1,4-9,11-13,15,23,38H,2-3,10,14,17-18H2,(H,42,43)/t23-/m1/s1. The van der Waals surface area contributed by atoms with Crippen molar-refractivity contribution in [2.75, 3.05) is 6.54 Å². The van der Waals surface area contributed by atoms with Crippen molar-refractivity contribution < 1.29 is 27.8 Å². The van der Waals surface area contributed by atoms with E-state index in [0.717, 1.165) is 37.6 Å². The Kier molecular flexibility index (Phi) is 8.00. The molecular weight excluding hydrogens is 571 g/mol. The molecule has 0 unspecified atom stereocenters. The van der Waals surface area contributed by atoms with Crippen LogP contribution in [0.5, 0.6) is 5.88 Å². The predicted molar refractivity (Wildman–Crippen MR) is 156 cm³/mol. The van der Waals surface area contributed by atoms with Crippen LogP contribution in [0, 0.1) is 28.8 Å². The zero-order valence-corrected chi connectivity index (χ0v) is 23.4. The van der Waals surface area contributed by atoms with Crippen LogP contribution in [0.1, 0.15) is 45.7 Å². The highest BCUT2D eigenvalue weighted by atomic mass is 19.1. The van der Waals surface area contributed by atoms with Crippen LogP contribution in [0.4, 0.5) is 13.2 Å². The maximum absolute atomic E-state index is 15.5. The van der Waals surface area contributed by atoms with Crippen molar-refractivity contribution in [1.29, 1.82) is 5.26 Å². The number of nitriles is 1. The maximum atomic E-state index is 15.5. The van der Waals surface area contributed by atoms with Gasteiger partial charge in [0, 0.05) is 36.2 Å². The normalized spacial score (nSPS) is 14.5. The Labute approximate surface area is 250 Å². The van der Waals surface area contributed by atoms with Crippen LogP contribution in [-0.4, -0.2) is 38.2 Å². The van der Waals surface area contributed by atoms with E-state index in [4.69, 9.17) is 10.00 Å². The number of ether oxygens (including phenoxy) is 1. The molecule has 1 aliphatic rings. The van der Waals surface area contributed by atoms with E-state index < -0.39 is 23.4 Å². The molecule has 11 heteroatoms. The largest absolute Gasteiger partial charge is 0.478 e. The molecule has 3 aromatic carbocycles. The summed E-state index contributed by atoms with van der Waals surface area (Å²) >= 11 is 0. The van der Waals surface area contributed by atoms with Crippen LogP contribution in [0.15, 0.2) is 66.7 Å². The van der Waals surface area contributed by atoms with Gasteiger partial charge in [0.05, 0.1) is 33.9 Å². The second-order valence-electron chi connectivity index (χ2n) is 10.6. The number of carbonyl (C=O) groups is 1. The number of hydrogen-bond acceptors (Lipinski definition) is 6. The summed E-state index contributed by atoms with van der Waals surface area (Å²) in [4.78, 5) is 20.6. The van der Waals surface area contributed by atoms with Crippen LogP contribution in [-0.2, 0) is 19.6 Å². The summed E-state index contributed by atoms with van der Waals surface area (Å²) in [6, 6.07) is 17.5. The first kappa shape index (κ1) is 28.9. The zero-order chi connectivity index (χ0) is 30.8. The van der Waals surface area contributed by atoms with Gasteiger partial charge < -0.3 is 19.7 Å². The third-order valence-electron chi connectivity index (χ3n) is 7.68. The lowest BCUT2D eigenvalue weighted by Crippen LogP contribution is -2.27. The van der Waals surface area contributed by atoms with Gasteiger partial charge in [-0.05, 0) is 73.5 Å². The third kappa shape index (κ3) is 5.98. The number of benzene rings is 3. The number of fused-ring (bicyclic) bond motifs is 1. The smallest absolute Gasteiger partial charge is 0.335 e. The minimum Gasteiger partial charge on any atom is -0.478 e. The lowest BCUT2D eigenvalue weighted by atomic mass is 10.0. The highest BCUT2D eigenvalue weighted by Gasteiger charge is 2.22. The van der Waals surface area contributed by atoms with E-state index in [9.17, 15) is 14.3 Å². The number of rotatable bonds is 9. The zero-order valence-electron chi connectivity index (χ0n) is 23.4. The van der Waals surface area contributed by atoms with Crippen LogP contribution in [0.25, 0.3) is 22.3 Å². The van der Waals surface area contributed by atoms with Crippen molar-refractivity contribution in [3.63, 3.8) is 0 Å². The predicted octanol–water partition coefficient (Wildman–Crippen LogP) is 6.01. The molecule has 222 valence electrons. The summed E-state index contributed by atoms with van der Waals surface area (Å²) in [6.45, 7) is 1.22. The molecule has 6 rings (SSSR count). The van der Waals surface area contributed by atoms with Crippen molar-refractivity contribution >= 4 is 17.0 Å². The van der Waals surface area contributed by atoms with Crippen molar-refractivity contribution in [2.24, 2.45) is 0 Å². The van der Waals surface area contributed by atoms with Gasteiger partial charge >= 0.3 is 5.97 Å². The second-order valence-corrected chi connectivity index (χ2v) is 10.6. The Bertz CT molecular complexity index is 1930. The summed E-state index contributed by atoms with van der Waals surface area (Å²) in [6.07, 6.45) is 1.94. The van der Waals surface area contributed by atoms with E-state index in [2.05, 4.69) is 15.3 Å². The lowest BCUT2D eigenvalue weighted by molar-refractivity contribution is 0.0697. The third-order valence-corrected chi connectivity index (χ3v) is 7.68. The molecule has 0 radical (unpaired) electrons. The Morgan fingerprint density at radius 3 is 2.61 bits per heavy atom. The summed E-state index contributed by atoms with van der Waals surface area (Å²) in [5, 5.41) is 21.8. The average Bonchev–Trinajstić information content (AvgIpc) is 3.66. The molecule has 1 saturated heterocycles. The van der Waals surface area contributed by atoms with Gasteiger partial charge in [-0.3, -0.25) is 0 Å². The molecule has 1 atom stereocenters. The molecule has 8 nitrogen and oxygen atoms in total. The Morgan fingerprint density at radius 2 is 1.86 bits per heavy atom. The van der Waals surface area contributed by atoms with Crippen molar-refractivity contribution in [2.45, 2.75) is 38.5 Å². The minimum absolute atomic E-state index is 0.0143. The first-order valence-corrected chi connectivity index (χ1v) is 14.0. The number of aromatic carboxylic acids is 1. The van der Waals surface area contributed by atoms with Crippen LogP contribution < -0.4 is 10.1 Å². The molecule has 1 aliphatic heterocycles.